The van der Waals surface area contributed by atoms with Gasteiger partial charge in [0.05, 0.1) is 6.10 Å². The summed E-state index contributed by atoms with van der Waals surface area (Å²) in [5, 5.41) is 13.6. The van der Waals surface area contributed by atoms with Gasteiger partial charge < -0.3 is 15.3 Å². The van der Waals surface area contributed by atoms with Crippen LogP contribution in [0.5, 0.6) is 0 Å². The average molecular weight is 394 g/mol. The summed E-state index contributed by atoms with van der Waals surface area (Å²) in [5.74, 6) is 0.0748. The minimum Gasteiger partial charge on any atom is -0.388 e. The Morgan fingerprint density at radius 3 is 2.66 bits per heavy atom. The predicted molar refractivity (Wildman–Crippen MR) is 118 cm³/mol. The molecule has 1 unspecified atom stereocenters. The van der Waals surface area contributed by atoms with E-state index in [0.717, 1.165) is 62.4 Å². The molecule has 0 radical (unpaired) electrons. The summed E-state index contributed by atoms with van der Waals surface area (Å²) in [7, 11) is 0. The summed E-state index contributed by atoms with van der Waals surface area (Å²) in [5.41, 5.74) is 7.04. The van der Waals surface area contributed by atoms with Crippen molar-refractivity contribution in [2.75, 3.05) is 42.9 Å². The lowest BCUT2D eigenvalue weighted by Crippen LogP contribution is -2.47. The van der Waals surface area contributed by atoms with E-state index in [1.165, 1.54) is 16.8 Å². The van der Waals surface area contributed by atoms with E-state index >= 15 is 0 Å². The number of fused-ring (bicyclic) bond motifs is 1. The van der Waals surface area contributed by atoms with Gasteiger partial charge in [0, 0.05) is 50.5 Å². The molecule has 29 heavy (non-hydrogen) atoms. The zero-order chi connectivity index (χ0) is 20.4. The Kier molecular flexibility index (Phi) is 5.88. The first kappa shape index (κ1) is 19.9. The van der Waals surface area contributed by atoms with Crippen LogP contribution in [0.2, 0.25) is 0 Å². The highest BCUT2D eigenvalue weighted by Crippen LogP contribution is 2.28. The van der Waals surface area contributed by atoms with Gasteiger partial charge in [0.2, 0.25) is 5.91 Å². The van der Waals surface area contributed by atoms with Crippen LogP contribution < -0.4 is 10.2 Å². The Morgan fingerprint density at radius 2 is 1.86 bits per heavy atom. The quantitative estimate of drug-likeness (QED) is 0.817. The van der Waals surface area contributed by atoms with Gasteiger partial charge in [-0.1, -0.05) is 24.3 Å². The van der Waals surface area contributed by atoms with Crippen LogP contribution in [0.15, 0.2) is 36.4 Å². The lowest BCUT2D eigenvalue weighted by molar-refractivity contribution is -0.116. The zero-order valence-electron chi connectivity index (χ0n) is 17.4. The largest absolute Gasteiger partial charge is 0.388 e. The third-order valence-electron chi connectivity index (χ3n) is 6.42. The molecule has 1 fully saturated rings. The van der Waals surface area contributed by atoms with E-state index in [1.54, 1.807) is 0 Å². The van der Waals surface area contributed by atoms with Crippen LogP contribution in [0.25, 0.3) is 0 Å². The number of anilines is 2. The molecule has 0 saturated carbocycles. The number of aliphatic hydroxyl groups excluding tert-OH is 1. The minimum atomic E-state index is -0.463. The molecule has 1 saturated heterocycles. The Labute approximate surface area is 173 Å². The standard InChI is InChI=1S/C24H31N3O2/c1-17-4-3-5-22(18(17)2)27-14-12-26(13-15-27)11-10-23(28)20-6-8-21-19(16-20)7-9-24(29)25-21/h3-6,8,16,23,28H,7,9-15H2,1-2H3,(H,25,29). The molecule has 154 valence electrons. The number of amides is 1. The number of carbonyl (C=O) groups excluding carboxylic acids is 1. The number of hydrogen-bond acceptors (Lipinski definition) is 4. The molecule has 0 bridgehead atoms. The monoisotopic (exact) mass is 393 g/mol. The number of aryl methyl sites for hydroxylation is 2. The van der Waals surface area contributed by atoms with Crippen LogP contribution in [-0.2, 0) is 11.2 Å². The smallest absolute Gasteiger partial charge is 0.224 e. The Morgan fingerprint density at radius 1 is 1.07 bits per heavy atom. The first-order valence-electron chi connectivity index (χ1n) is 10.7. The third-order valence-corrected chi connectivity index (χ3v) is 6.42. The van der Waals surface area contributed by atoms with Gasteiger partial charge in [-0.05, 0) is 61.1 Å². The lowest BCUT2D eigenvalue weighted by Gasteiger charge is -2.37. The topological polar surface area (TPSA) is 55.8 Å². The van der Waals surface area contributed by atoms with Crippen molar-refractivity contribution in [2.24, 2.45) is 0 Å². The van der Waals surface area contributed by atoms with Gasteiger partial charge in [0.1, 0.15) is 0 Å². The third kappa shape index (κ3) is 4.46. The molecule has 1 amide bonds. The summed E-state index contributed by atoms with van der Waals surface area (Å²) in [4.78, 5) is 16.4. The van der Waals surface area contributed by atoms with Crippen molar-refractivity contribution in [1.82, 2.24) is 4.90 Å². The Balaban J connectivity index is 1.29. The fourth-order valence-electron chi connectivity index (χ4n) is 4.37. The van der Waals surface area contributed by atoms with Gasteiger partial charge in [-0.3, -0.25) is 9.69 Å². The van der Waals surface area contributed by atoms with Gasteiger partial charge in [0.15, 0.2) is 0 Å². The SMILES string of the molecule is Cc1cccc(N2CCN(CCC(O)c3ccc4c(c3)CCC(=O)N4)CC2)c1C. The first-order valence-corrected chi connectivity index (χ1v) is 10.7. The van der Waals surface area contributed by atoms with Gasteiger partial charge in [0.25, 0.3) is 0 Å². The van der Waals surface area contributed by atoms with Crippen LogP contribution in [0, 0.1) is 13.8 Å². The molecule has 2 N–H and O–H groups in total. The summed E-state index contributed by atoms with van der Waals surface area (Å²) in [6, 6.07) is 12.5. The molecule has 0 aliphatic carbocycles. The summed E-state index contributed by atoms with van der Waals surface area (Å²) in [6.07, 6.45) is 1.54. The van der Waals surface area contributed by atoms with Crippen molar-refractivity contribution < 1.29 is 9.90 Å². The summed E-state index contributed by atoms with van der Waals surface area (Å²) < 4.78 is 0. The molecule has 2 aromatic rings. The fourth-order valence-corrected chi connectivity index (χ4v) is 4.37. The minimum absolute atomic E-state index is 0.0748. The van der Waals surface area contributed by atoms with E-state index in [2.05, 4.69) is 53.2 Å². The maximum absolute atomic E-state index is 11.5. The number of nitrogens with one attached hydrogen (secondary N) is 1. The maximum atomic E-state index is 11.5. The first-order chi connectivity index (χ1) is 14.0. The molecule has 0 aromatic heterocycles. The second-order valence-electron chi connectivity index (χ2n) is 8.32. The molecular weight excluding hydrogens is 362 g/mol. The van der Waals surface area contributed by atoms with Crippen molar-refractivity contribution in [2.45, 2.75) is 39.2 Å². The van der Waals surface area contributed by atoms with Crippen molar-refractivity contribution >= 4 is 17.3 Å². The summed E-state index contributed by atoms with van der Waals surface area (Å²) >= 11 is 0. The molecule has 5 heteroatoms. The normalized spacial score (nSPS) is 18.3. The van der Waals surface area contributed by atoms with Crippen molar-refractivity contribution in [3.8, 4) is 0 Å². The summed E-state index contributed by atoms with van der Waals surface area (Å²) in [6.45, 7) is 9.38. The highest BCUT2D eigenvalue weighted by atomic mass is 16.3. The number of piperazine rings is 1. The highest BCUT2D eigenvalue weighted by molar-refractivity contribution is 5.93. The molecule has 2 heterocycles. The number of hydrogen-bond donors (Lipinski definition) is 2. The van der Waals surface area contributed by atoms with E-state index in [4.69, 9.17) is 0 Å². The van der Waals surface area contributed by atoms with Gasteiger partial charge >= 0.3 is 0 Å². The molecule has 2 aliphatic heterocycles. The van der Waals surface area contributed by atoms with Crippen LogP contribution >= 0.6 is 0 Å². The molecular formula is C24H31N3O2. The van der Waals surface area contributed by atoms with Crippen LogP contribution in [0.1, 0.15) is 41.2 Å². The number of carbonyl (C=O) groups is 1. The maximum Gasteiger partial charge on any atom is 0.224 e. The Hall–Kier alpha value is -2.37. The van der Waals surface area contributed by atoms with Crippen molar-refractivity contribution in [3.63, 3.8) is 0 Å². The number of rotatable bonds is 5. The predicted octanol–water partition coefficient (Wildman–Crippen LogP) is 3.43. The van der Waals surface area contributed by atoms with Crippen LogP contribution in [0.3, 0.4) is 0 Å². The van der Waals surface area contributed by atoms with E-state index < -0.39 is 6.10 Å². The second-order valence-corrected chi connectivity index (χ2v) is 8.32. The van der Waals surface area contributed by atoms with E-state index in [1.807, 2.05) is 12.1 Å². The number of benzene rings is 2. The van der Waals surface area contributed by atoms with E-state index in [0.29, 0.717) is 6.42 Å². The highest BCUT2D eigenvalue weighted by Gasteiger charge is 2.21. The van der Waals surface area contributed by atoms with E-state index in [-0.39, 0.29) is 5.91 Å². The van der Waals surface area contributed by atoms with Crippen molar-refractivity contribution in [3.05, 3.63) is 58.7 Å². The Bertz CT molecular complexity index is 888. The van der Waals surface area contributed by atoms with Gasteiger partial charge in [-0.15, -0.1) is 0 Å². The molecule has 4 rings (SSSR count). The fraction of sp³-hybridized carbons (Fsp3) is 0.458. The lowest BCUT2D eigenvalue weighted by atomic mass is 9.97. The van der Waals surface area contributed by atoms with Gasteiger partial charge in [-0.25, -0.2) is 0 Å². The van der Waals surface area contributed by atoms with Crippen LogP contribution in [-0.4, -0.2) is 48.6 Å². The van der Waals surface area contributed by atoms with E-state index in [9.17, 15) is 9.90 Å². The molecule has 2 aliphatic rings. The number of aliphatic hydroxyl groups is 1. The molecule has 5 nitrogen and oxygen atoms in total. The van der Waals surface area contributed by atoms with Gasteiger partial charge in [-0.2, -0.15) is 0 Å². The molecule has 1 atom stereocenters. The molecule has 2 aromatic carbocycles. The average Bonchev–Trinajstić information content (AvgIpc) is 2.74. The second kappa shape index (κ2) is 8.56. The van der Waals surface area contributed by atoms with Crippen LogP contribution in [0.4, 0.5) is 11.4 Å². The molecule has 0 spiro atoms. The zero-order valence-corrected chi connectivity index (χ0v) is 17.4. The van der Waals surface area contributed by atoms with Crippen molar-refractivity contribution in [1.29, 1.82) is 0 Å². The number of nitrogens with zero attached hydrogens (tertiary/aromatic N) is 2.